The molecule has 2 fully saturated rings. The molecule has 4 heterocycles. The number of nitrogens with zero attached hydrogens (tertiary/aromatic N) is 3. The highest BCUT2D eigenvalue weighted by Gasteiger charge is 2.29. The molecule has 2 aromatic heterocycles. The number of carbonyl (C=O) groups excluding carboxylic acids is 1. The normalized spacial score (nSPS) is 19.4. The zero-order valence-electron chi connectivity index (χ0n) is 24.0. The molecular weight excluding hydrogens is 528 g/mol. The number of imidazole rings is 1. The van der Waals surface area contributed by atoms with Gasteiger partial charge in [0.1, 0.15) is 30.3 Å². The van der Waals surface area contributed by atoms with E-state index < -0.39 is 18.1 Å². The number of carbonyl (C=O) groups is 1. The van der Waals surface area contributed by atoms with Crippen LogP contribution in [0.2, 0.25) is 0 Å². The molecule has 0 spiro atoms. The van der Waals surface area contributed by atoms with E-state index in [0.29, 0.717) is 43.4 Å². The first-order valence-electron chi connectivity index (χ1n) is 14.4. The Morgan fingerprint density at radius 1 is 1.20 bits per heavy atom. The summed E-state index contributed by atoms with van der Waals surface area (Å²) in [4.78, 5) is 29.9. The third kappa shape index (κ3) is 6.98. The van der Waals surface area contributed by atoms with E-state index >= 15 is 0 Å². The van der Waals surface area contributed by atoms with Crippen molar-refractivity contribution in [3.05, 3.63) is 46.4 Å². The standard InChI is InChI=1S/C30H40N4O7/c1-19-14-22(17-33(3)29(19)36)28-32-25-15-23(4-5-26(25)34(28)16-21-6-10-38-11-7-21)40-13-9-31-27(20(2)35)30(37)41-24-8-12-39-18-24/h4-5,14-15,17,20-21,24,27,31,35H,6-13,16,18H2,1-3H3/t20?,24-,27?/m0/s1. The summed E-state index contributed by atoms with van der Waals surface area (Å²) in [6.07, 6.45) is 3.31. The van der Waals surface area contributed by atoms with Gasteiger partial charge in [0, 0.05) is 63.2 Å². The van der Waals surface area contributed by atoms with Crippen molar-refractivity contribution in [1.82, 2.24) is 19.4 Å². The van der Waals surface area contributed by atoms with Gasteiger partial charge in [0.2, 0.25) is 0 Å². The Morgan fingerprint density at radius 3 is 2.68 bits per heavy atom. The zero-order chi connectivity index (χ0) is 28.9. The molecule has 0 aliphatic carbocycles. The lowest BCUT2D eigenvalue weighted by Crippen LogP contribution is -2.48. The summed E-state index contributed by atoms with van der Waals surface area (Å²) in [7, 11) is 1.76. The molecule has 41 heavy (non-hydrogen) atoms. The highest BCUT2D eigenvalue weighted by atomic mass is 16.6. The first kappa shape index (κ1) is 29.2. The number of aliphatic hydroxyl groups excluding tert-OH is 1. The van der Waals surface area contributed by atoms with Gasteiger partial charge in [-0.05, 0) is 50.8 Å². The number of aliphatic hydroxyl groups is 1. The quantitative estimate of drug-likeness (QED) is 0.264. The lowest BCUT2D eigenvalue weighted by Gasteiger charge is -2.23. The molecule has 1 aromatic carbocycles. The Kier molecular flexibility index (Phi) is 9.39. The minimum absolute atomic E-state index is 0.0243. The number of fused-ring (bicyclic) bond motifs is 1. The van der Waals surface area contributed by atoms with Crippen LogP contribution in [-0.2, 0) is 32.6 Å². The second-order valence-electron chi connectivity index (χ2n) is 11.0. The van der Waals surface area contributed by atoms with Crippen molar-refractivity contribution in [3.63, 3.8) is 0 Å². The van der Waals surface area contributed by atoms with E-state index in [9.17, 15) is 14.7 Å². The van der Waals surface area contributed by atoms with Gasteiger partial charge in [0.05, 0.1) is 30.4 Å². The van der Waals surface area contributed by atoms with Crippen LogP contribution in [0.25, 0.3) is 22.4 Å². The van der Waals surface area contributed by atoms with Gasteiger partial charge in [0.15, 0.2) is 0 Å². The van der Waals surface area contributed by atoms with Crippen molar-refractivity contribution in [2.24, 2.45) is 13.0 Å². The Balaban J connectivity index is 1.30. The van der Waals surface area contributed by atoms with Crippen molar-refractivity contribution in [1.29, 1.82) is 0 Å². The zero-order valence-corrected chi connectivity index (χ0v) is 24.0. The van der Waals surface area contributed by atoms with Gasteiger partial charge in [-0.1, -0.05) is 0 Å². The summed E-state index contributed by atoms with van der Waals surface area (Å²) in [5.41, 5.74) is 3.33. The number of esters is 1. The highest BCUT2D eigenvalue weighted by molar-refractivity contribution is 5.82. The Morgan fingerprint density at radius 2 is 1.98 bits per heavy atom. The predicted molar refractivity (Wildman–Crippen MR) is 153 cm³/mol. The van der Waals surface area contributed by atoms with Crippen LogP contribution in [0.15, 0.2) is 35.3 Å². The van der Waals surface area contributed by atoms with Crippen LogP contribution in [-0.4, -0.2) is 83.0 Å². The number of nitrogens with one attached hydrogen (secondary N) is 1. The summed E-state index contributed by atoms with van der Waals surface area (Å²) in [5.74, 6) is 1.45. The summed E-state index contributed by atoms with van der Waals surface area (Å²) < 4.78 is 26.1. The summed E-state index contributed by atoms with van der Waals surface area (Å²) in [5, 5.41) is 13.2. The Labute approximate surface area is 239 Å². The Bertz CT molecular complexity index is 1380. The Hall–Kier alpha value is -3.25. The predicted octanol–water partition coefficient (Wildman–Crippen LogP) is 2.19. The first-order chi connectivity index (χ1) is 19.8. The molecule has 11 heteroatoms. The maximum atomic E-state index is 12.5. The fourth-order valence-corrected chi connectivity index (χ4v) is 5.47. The molecule has 3 atom stereocenters. The fourth-order valence-electron chi connectivity index (χ4n) is 5.47. The molecule has 11 nitrogen and oxygen atoms in total. The summed E-state index contributed by atoms with van der Waals surface area (Å²) in [6.45, 7) is 7.29. The van der Waals surface area contributed by atoms with Crippen LogP contribution in [0.4, 0.5) is 0 Å². The molecule has 222 valence electrons. The van der Waals surface area contributed by atoms with Gasteiger partial charge in [-0.3, -0.25) is 14.9 Å². The maximum absolute atomic E-state index is 12.5. The lowest BCUT2D eigenvalue weighted by atomic mass is 10.00. The maximum Gasteiger partial charge on any atom is 0.326 e. The monoisotopic (exact) mass is 568 g/mol. The van der Waals surface area contributed by atoms with Gasteiger partial charge >= 0.3 is 5.97 Å². The molecule has 0 amide bonds. The molecular formula is C30H40N4O7. The van der Waals surface area contributed by atoms with Crippen molar-refractivity contribution in [3.8, 4) is 17.1 Å². The van der Waals surface area contributed by atoms with E-state index in [-0.39, 0.29) is 18.3 Å². The minimum Gasteiger partial charge on any atom is -0.492 e. The molecule has 0 bridgehead atoms. The van der Waals surface area contributed by atoms with Crippen LogP contribution in [0.5, 0.6) is 5.75 Å². The van der Waals surface area contributed by atoms with Gasteiger partial charge in [-0.15, -0.1) is 0 Å². The third-order valence-electron chi connectivity index (χ3n) is 7.76. The van der Waals surface area contributed by atoms with E-state index in [1.165, 1.54) is 0 Å². The number of ether oxygens (including phenoxy) is 4. The number of hydrogen-bond donors (Lipinski definition) is 2. The second kappa shape index (κ2) is 13.2. The van der Waals surface area contributed by atoms with Crippen LogP contribution in [0, 0.1) is 12.8 Å². The van der Waals surface area contributed by atoms with Gasteiger partial charge in [0.25, 0.3) is 5.56 Å². The highest BCUT2D eigenvalue weighted by Crippen LogP contribution is 2.30. The van der Waals surface area contributed by atoms with Crippen molar-refractivity contribution in [2.75, 3.05) is 39.6 Å². The molecule has 0 radical (unpaired) electrons. The van der Waals surface area contributed by atoms with Crippen LogP contribution >= 0.6 is 0 Å². The molecule has 3 aromatic rings. The fraction of sp³-hybridized carbons (Fsp3) is 0.567. The number of aryl methyl sites for hydroxylation is 2. The summed E-state index contributed by atoms with van der Waals surface area (Å²) >= 11 is 0. The second-order valence-corrected chi connectivity index (χ2v) is 11.0. The van der Waals surface area contributed by atoms with E-state index in [4.69, 9.17) is 23.9 Å². The van der Waals surface area contributed by atoms with E-state index in [1.807, 2.05) is 37.4 Å². The molecule has 2 unspecified atom stereocenters. The van der Waals surface area contributed by atoms with Gasteiger partial charge < -0.3 is 33.2 Å². The molecule has 5 rings (SSSR count). The lowest BCUT2D eigenvalue weighted by molar-refractivity contribution is -0.154. The van der Waals surface area contributed by atoms with E-state index in [2.05, 4.69) is 9.88 Å². The molecule has 2 saturated heterocycles. The van der Waals surface area contributed by atoms with Crippen LogP contribution < -0.4 is 15.6 Å². The van der Waals surface area contributed by atoms with Crippen LogP contribution in [0.3, 0.4) is 0 Å². The number of pyridine rings is 1. The van der Waals surface area contributed by atoms with Gasteiger partial charge in [-0.2, -0.15) is 0 Å². The largest absolute Gasteiger partial charge is 0.492 e. The van der Waals surface area contributed by atoms with Gasteiger partial charge in [-0.25, -0.2) is 4.98 Å². The van der Waals surface area contributed by atoms with Crippen LogP contribution in [0.1, 0.15) is 31.7 Å². The number of aromatic nitrogens is 3. The average Bonchev–Trinajstić information content (AvgIpc) is 3.59. The number of hydrogen-bond acceptors (Lipinski definition) is 9. The summed E-state index contributed by atoms with van der Waals surface area (Å²) in [6, 6.07) is 6.89. The molecule has 2 aliphatic rings. The topological polar surface area (TPSA) is 126 Å². The number of rotatable bonds is 11. The average molecular weight is 569 g/mol. The van der Waals surface area contributed by atoms with E-state index in [0.717, 1.165) is 55.0 Å². The van der Waals surface area contributed by atoms with Crippen molar-refractivity contribution in [2.45, 2.75) is 57.9 Å². The molecule has 2 aliphatic heterocycles. The minimum atomic E-state index is -0.916. The molecule has 2 N–H and O–H groups in total. The first-order valence-corrected chi connectivity index (χ1v) is 14.4. The number of benzene rings is 1. The SMILES string of the molecule is Cc1cc(-c2nc3cc(OCCNC(C(=O)O[C@H]4CCOC4)C(C)O)ccc3n2CC2CCOCC2)cn(C)c1=O. The molecule has 0 saturated carbocycles. The van der Waals surface area contributed by atoms with Crippen molar-refractivity contribution >= 4 is 17.0 Å². The smallest absolute Gasteiger partial charge is 0.326 e. The third-order valence-corrected chi connectivity index (χ3v) is 7.76. The van der Waals surface area contributed by atoms with Crippen molar-refractivity contribution < 1.29 is 28.8 Å². The van der Waals surface area contributed by atoms with E-state index in [1.54, 1.807) is 18.5 Å².